The smallest absolute Gasteiger partial charge is 0.191 e. The Morgan fingerprint density at radius 1 is 0.842 bits per heavy atom. The number of methoxy groups -OCH3 is 2. The lowest BCUT2D eigenvalue weighted by Crippen LogP contribution is -2.40. The van der Waals surface area contributed by atoms with Crippen LogP contribution < -0.4 is 9.47 Å². The molecule has 1 N–H and O–H groups in total. The van der Waals surface area contributed by atoms with Crippen LogP contribution in [0.2, 0.25) is 18.1 Å². The van der Waals surface area contributed by atoms with Gasteiger partial charge in [-0.3, -0.25) is 0 Å². The van der Waals surface area contributed by atoms with E-state index < -0.39 is 13.9 Å². The minimum Gasteiger partial charge on any atom is -0.497 e. The predicted molar refractivity (Wildman–Crippen MR) is 161 cm³/mol. The number of ether oxygens (including phenoxy) is 2. The van der Waals surface area contributed by atoms with Gasteiger partial charge in [-0.05, 0) is 78.4 Å². The van der Waals surface area contributed by atoms with Crippen molar-refractivity contribution in [2.75, 3.05) is 20.8 Å². The molecule has 1 aromatic carbocycles. The average molecular weight is 541 g/mol. The lowest BCUT2D eigenvalue weighted by molar-refractivity contribution is 0.0267. The SMILES string of the molecule is COc1cc2ccc1=2.COc1ccc2c(c1)CCC2(O)CCCCCCCCCCO[Si](C)(C)C(C)(C)C. The number of fused-ring (bicyclic) bond motifs is 1. The molecule has 0 heterocycles. The number of benzene rings is 2. The maximum Gasteiger partial charge on any atom is 0.191 e. The summed E-state index contributed by atoms with van der Waals surface area (Å²) >= 11 is 0. The van der Waals surface area contributed by atoms with Crippen LogP contribution >= 0.6 is 0 Å². The van der Waals surface area contributed by atoms with Crippen LogP contribution in [0.5, 0.6) is 11.5 Å². The number of rotatable bonds is 14. The topological polar surface area (TPSA) is 47.9 Å². The van der Waals surface area contributed by atoms with Crippen molar-refractivity contribution in [3.63, 3.8) is 0 Å². The normalized spacial score (nSPS) is 17.5. The molecule has 0 bridgehead atoms. The van der Waals surface area contributed by atoms with E-state index in [9.17, 15) is 5.11 Å². The highest BCUT2D eigenvalue weighted by Crippen LogP contribution is 2.42. The van der Waals surface area contributed by atoms with Crippen molar-refractivity contribution >= 4 is 8.32 Å². The van der Waals surface area contributed by atoms with Gasteiger partial charge in [0.05, 0.1) is 19.8 Å². The highest BCUT2D eigenvalue weighted by Gasteiger charge is 2.37. The largest absolute Gasteiger partial charge is 0.497 e. The second kappa shape index (κ2) is 13.5. The molecule has 0 spiro atoms. The Bertz CT molecular complexity index is 1120. The first-order chi connectivity index (χ1) is 18.0. The molecule has 4 rings (SSSR count). The van der Waals surface area contributed by atoms with E-state index in [1.165, 1.54) is 60.9 Å². The van der Waals surface area contributed by atoms with Gasteiger partial charge in [-0.25, -0.2) is 0 Å². The Hall–Kier alpha value is -1.82. The van der Waals surface area contributed by atoms with E-state index in [1.54, 1.807) is 14.2 Å². The average Bonchev–Trinajstić information content (AvgIpc) is 3.19. The van der Waals surface area contributed by atoms with Gasteiger partial charge in [0.15, 0.2) is 8.32 Å². The molecule has 1 unspecified atom stereocenters. The van der Waals surface area contributed by atoms with Gasteiger partial charge in [0.1, 0.15) is 11.5 Å². The molecule has 212 valence electrons. The Morgan fingerprint density at radius 2 is 1.50 bits per heavy atom. The van der Waals surface area contributed by atoms with Crippen molar-refractivity contribution in [3.8, 4) is 11.5 Å². The molecule has 0 aliphatic heterocycles. The van der Waals surface area contributed by atoms with Crippen LogP contribution in [0.4, 0.5) is 0 Å². The molecular formula is C33H52O4Si. The molecule has 0 amide bonds. The summed E-state index contributed by atoms with van der Waals surface area (Å²) in [5, 5.41) is 14.0. The van der Waals surface area contributed by atoms with Crippen LogP contribution in [0.3, 0.4) is 0 Å². The van der Waals surface area contributed by atoms with Crippen LogP contribution in [0.15, 0.2) is 36.4 Å². The molecule has 0 fully saturated rings. The molecule has 0 aromatic heterocycles. The number of unbranched alkanes of at least 4 members (excludes halogenated alkanes) is 7. The molecule has 1 aromatic rings. The zero-order valence-corrected chi connectivity index (χ0v) is 26.1. The first-order valence-electron chi connectivity index (χ1n) is 14.7. The summed E-state index contributed by atoms with van der Waals surface area (Å²) in [5.74, 6) is 1.92. The third kappa shape index (κ3) is 7.86. The second-order valence-electron chi connectivity index (χ2n) is 12.7. The molecule has 3 aliphatic rings. The van der Waals surface area contributed by atoms with Gasteiger partial charge < -0.3 is 19.0 Å². The summed E-state index contributed by atoms with van der Waals surface area (Å²) in [4.78, 5) is 0. The van der Waals surface area contributed by atoms with Crippen molar-refractivity contribution in [1.82, 2.24) is 0 Å². The first kappa shape index (κ1) is 30.7. The maximum absolute atomic E-state index is 11.1. The van der Waals surface area contributed by atoms with E-state index >= 15 is 0 Å². The van der Waals surface area contributed by atoms with Crippen molar-refractivity contribution < 1.29 is 19.0 Å². The fraction of sp³-hybridized carbons (Fsp3) is 0.636. The second-order valence-corrected chi connectivity index (χ2v) is 17.5. The molecule has 1 atom stereocenters. The van der Waals surface area contributed by atoms with E-state index in [1.807, 2.05) is 12.1 Å². The maximum atomic E-state index is 11.1. The van der Waals surface area contributed by atoms with Gasteiger partial charge in [0, 0.05) is 11.8 Å². The van der Waals surface area contributed by atoms with Gasteiger partial charge in [-0.2, -0.15) is 0 Å². The van der Waals surface area contributed by atoms with Gasteiger partial charge >= 0.3 is 0 Å². The van der Waals surface area contributed by atoms with Gasteiger partial charge in [-0.1, -0.05) is 83.9 Å². The molecular weight excluding hydrogens is 488 g/mol. The van der Waals surface area contributed by atoms with Crippen molar-refractivity contribution in [3.05, 3.63) is 58.0 Å². The van der Waals surface area contributed by atoms with E-state index in [2.05, 4.69) is 58.1 Å². The van der Waals surface area contributed by atoms with E-state index in [0.717, 1.165) is 49.4 Å². The monoisotopic (exact) mass is 540 g/mol. The fourth-order valence-electron chi connectivity index (χ4n) is 5.14. The zero-order valence-electron chi connectivity index (χ0n) is 25.1. The van der Waals surface area contributed by atoms with Crippen molar-refractivity contribution in [2.45, 2.75) is 115 Å². The number of aliphatic hydroxyl groups is 1. The van der Waals surface area contributed by atoms with Crippen LogP contribution in [0.1, 0.15) is 96.1 Å². The van der Waals surface area contributed by atoms with Gasteiger partial charge in [0.25, 0.3) is 0 Å². The van der Waals surface area contributed by atoms with Crippen LogP contribution in [0.25, 0.3) is 0 Å². The van der Waals surface area contributed by atoms with Crippen molar-refractivity contribution in [2.24, 2.45) is 0 Å². The molecule has 4 nitrogen and oxygen atoms in total. The predicted octanol–water partition coefficient (Wildman–Crippen LogP) is 8.66. The quantitative estimate of drug-likeness (QED) is 0.164. The number of hydrogen-bond acceptors (Lipinski definition) is 4. The Balaban J connectivity index is 0.000000417. The Labute approximate surface area is 232 Å². The lowest BCUT2D eigenvalue weighted by Gasteiger charge is -2.36. The molecule has 0 radical (unpaired) electrons. The number of hydrogen-bond donors (Lipinski definition) is 1. The standard InChI is InChI=1S/C26H46O3Si.C7H6O/c1-25(2,3)30(5,6)29-20-14-12-10-8-7-9-11-13-18-26(27)19-17-22-21-23(28-4)15-16-24(22)26;1-8-7-4-5-2-3-6(5)7/h15-16,21,27H,7-14,17-20H2,1-6H3;2-4H,1H3. The molecule has 0 saturated heterocycles. The summed E-state index contributed by atoms with van der Waals surface area (Å²) in [6.07, 6.45) is 12.8. The van der Waals surface area contributed by atoms with Crippen molar-refractivity contribution in [1.29, 1.82) is 0 Å². The minimum absolute atomic E-state index is 0.313. The first-order valence-corrected chi connectivity index (χ1v) is 17.6. The zero-order chi connectivity index (χ0) is 27.8. The van der Waals surface area contributed by atoms with Crippen LogP contribution in [-0.4, -0.2) is 34.3 Å². The molecule has 3 aliphatic carbocycles. The molecule has 38 heavy (non-hydrogen) atoms. The third-order valence-corrected chi connectivity index (χ3v) is 13.4. The summed E-state index contributed by atoms with van der Waals surface area (Å²) in [6.45, 7) is 12.5. The summed E-state index contributed by atoms with van der Waals surface area (Å²) in [5.41, 5.74) is 1.77. The lowest BCUT2D eigenvalue weighted by atomic mass is 9.89. The fourth-order valence-corrected chi connectivity index (χ4v) is 6.23. The number of aryl methyl sites for hydroxylation is 1. The Kier molecular flexibility index (Phi) is 10.9. The summed E-state index contributed by atoms with van der Waals surface area (Å²) in [7, 11) is 1.83. The highest BCUT2D eigenvalue weighted by molar-refractivity contribution is 6.74. The van der Waals surface area contributed by atoms with Crippen LogP contribution in [-0.2, 0) is 16.4 Å². The highest BCUT2D eigenvalue weighted by atomic mass is 28.4. The third-order valence-electron chi connectivity index (χ3n) is 8.89. The van der Waals surface area contributed by atoms with Gasteiger partial charge in [0.2, 0.25) is 0 Å². The molecule has 5 heteroatoms. The van der Waals surface area contributed by atoms with E-state index in [-0.39, 0.29) is 0 Å². The van der Waals surface area contributed by atoms with E-state index in [4.69, 9.17) is 13.9 Å². The van der Waals surface area contributed by atoms with E-state index in [0.29, 0.717) is 5.04 Å². The van der Waals surface area contributed by atoms with Crippen LogP contribution in [0, 0.1) is 10.4 Å². The summed E-state index contributed by atoms with van der Waals surface area (Å²) < 4.78 is 16.5. The van der Waals surface area contributed by atoms with Gasteiger partial charge in [-0.15, -0.1) is 0 Å². The minimum atomic E-state index is -1.57. The Morgan fingerprint density at radius 3 is 2.00 bits per heavy atom. The molecule has 0 saturated carbocycles. The summed E-state index contributed by atoms with van der Waals surface area (Å²) in [6, 6.07) is 12.3.